The third-order valence-electron chi connectivity index (χ3n) is 5.14. The molecule has 148 valence electrons. The van der Waals surface area contributed by atoms with Gasteiger partial charge in [-0.15, -0.1) is 24.0 Å². The number of hydrogen-bond acceptors (Lipinski definition) is 4. The number of aliphatic imine (C=N–C) groups is 1. The zero-order chi connectivity index (χ0) is 18.4. The van der Waals surface area contributed by atoms with Gasteiger partial charge >= 0.3 is 0 Å². The smallest absolute Gasteiger partial charge is 0.191 e. The van der Waals surface area contributed by atoms with E-state index in [0.717, 1.165) is 37.7 Å². The van der Waals surface area contributed by atoms with E-state index in [1.165, 1.54) is 5.56 Å². The molecule has 2 heterocycles. The Hall–Kier alpha value is -1.68. The largest absolute Gasteiger partial charge is 0.354 e. The molecular weight excluding hydrogens is 453 g/mol. The lowest BCUT2D eigenvalue weighted by Gasteiger charge is -2.37. The van der Waals surface area contributed by atoms with Gasteiger partial charge in [-0.1, -0.05) is 30.3 Å². The van der Waals surface area contributed by atoms with Crippen LogP contribution < -0.4 is 10.6 Å². The van der Waals surface area contributed by atoms with Crippen LogP contribution in [0.3, 0.4) is 0 Å². The molecule has 0 bridgehead atoms. The number of nitrogens with one attached hydrogen (secondary N) is 2. The molecular formula is C19H30IN7. The zero-order valence-corrected chi connectivity index (χ0v) is 18.6. The highest BCUT2D eigenvalue weighted by Crippen LogP contribution is 2.23. The van der Waals surface area contributed by atoms with Gasteiger partial charge in [0.15, 0.2) is 5.96 Å². The van der Waals surface area contributed by atoms with E-state index >= 15 is 0 Å². The van der Waals surface area contributed by atoms with Crippen molar-refractivity contribution >= 4 is 29.9 Å². The van der Waals surface area contributed by atoms with Gasteiger partial charge in [-0.2, -0.15) is 5.10 Å². The van der Waals surface area contributed by atoms with E-state index in [1.807, 2.05) is 7.05 Å². The third-order valence-corrected chi connectivity index (χ3v) is 5.14. The molecule has 2 N–H and O–H groups in total. The van der Waals surface area contributed by atoms with Gasteiger partial charge in [0, 0.05) is 39.3 Å². The number of likely N-dealkylation sites (tertiary alicyclic amines) is 1. The number of piperidine rings is 1. The Labute approximate surface area is 178 Å². The molecule has 1 aromatic heterocycles. The molecule has 0 radical (unpaired) electrons. The monoisotopic (exact) mass is 483 g/mol. The highest BCUT2D eigenvalue weighted by Gasteiger charge is 2.24. The number of guanidine groups is 1. The summed E-state index contributed by atoms with van der Waals surface area (Å²) in [5.41, 5.74) is 1.39. The number of rotatable bonds is 5. The van der Waals surface area contributed by atoms with E-state index in [2.05, 4.69) is 67.9 Å². The second-order valence-corrected chi connectivity index (χ2v) is 6.77. The number of nitrogens with zero attached hydrogens (tertiary/aromatic N) is 5. The molecule has 1 aromatic carbocycles. The van der Waals surface area contributed by atoms with Crippen molar-refractivity contribution in [3.63, 3.8) is 0 Å². The minimum absolute atomic E-state index is 0. The predicted octanol–water partition coefficient (Wildman–Crippen LogP) is 2.32. The van der Waals surface area contributed by atoms with Crippen molar-refractivity contribution in [2.24, 2.45) is 12.0 Å². The highest BCUT2D eigenvalue weighted by molar-refractivity contribution is 14.0. The molecule has 1 unspecified atom stereocenters. The first-order valence-corrected chi connectivity index (χ1v) is 9.26. The van der Waals surface area contributed by atoms with Crippen LogP contribution in [-0.2, 0) is 13.6 Å². The van der Waals surface area contributed by atoms with Gasteiger partial charge in [0.2, 0.25) is 0 Å². The molecule has 1 atom stereocenters. The average molecular weight is 483 g/mol. The lowest BCUT2D eigenvalue weighted by molar-refractivity contribution is 0.158. The highest BCUT2D eigenvalue weighted by atomic mass is 127. The van der Waals surface area contributed by atoms with E-state index in [4.69, 9.17) is 0 Å². The van der Waals surface area contributed by atoms with Crippen molar-refractivity contribution in [3.05, 3.63) is 48.0 Å². The normalized spacial score (nSPS) is 17.2. The van der Waals surface area contributed by atoms with Crippen molar-refractivity contribution in [2.45, 2.75) is 38.4 Å². The molecule has 8 heteroatoms. The molecule has 3 rings (SSSR count). The average Bonchev–Trinajstić information content (AvgIpc) is 3.10. The number of halogens is 1. The zero-order valence-electron chi connectivity index (χ0n) is 16.3. The molecule has 7 nitrogen and oxygen atoms in total. The third kappa shape index (κ3) is 5.90. The van der Waals surface area contributed by atoms with Gasteiger partial charge in [0.1, 0.15) is 12.2 Å². The van der Waals surface area contributed by atoms with Crippen LogP contribution >= 0.6 is 24.0 Å². The Morgan fingerprint density at radius 1 is 1.26 bits per heavy atom. The SMILES string of the molecule is CN=C(NCc1ncnn1C)NC1CCN(C(C)c2ccccc2)CC1.I. The summed E-state index contributed by atoms with van der Waals surface area (Å²) < 4.78 is 1.77. The van der Waals surface area contributed by atoms with Crippen molar-refractivity contribution in [1.82, 2.24) is 30.3 Å². The van der Waals surface area contributed by atoms with Gasteiger partial charge in [-0.05, 0) is 25.3 Å². The summed E-state index contributed by atoms with van der Waals surface area (Å²) in [4.78, 5) is 11.1. The lowest BCUT2D eigenvalue weighted by Crippen LogP contribution is -2.49. The van der Waals surface area contributed by atoms with Crippen LogP contribution in [0.5, 0.6) is 0 Å². The Kier molecular flexibility index (Phi) is 8.49. The predicted molar refractivity (Wildman–Crippen MR) is 119 cm³/mol. The molecule has 1 saturated heterocycles. The topological polar surface area (TPSA) is 70.4 Å². The first kappa shape index (κ1) is 21.6. The summed E-state index contributed by atoms with van der Waals surface area (Å²) in [6.07, 6.45) is 3.79. The van der Waals surface area contributed by atoms with Gasteiger partial charge in [0.25, 0.3) is 0 Å². The summed E-state index contributed by atoms with van der Waals surface area (Å²) in [7, 11) is 3.70. The molecule has 1 fully saturated rings. The van der Waals surface area contributed by atoms with Crippen molar-refractivity contribution in [2.75, 3.05) is 20.1 Å². The first-order chi connectivity index (χ1) is 12.7. The van der Waals surface area contributed by atoms with Crippen LogP contribution in [0.4, 0.5) is 0 Å². The van der Waals surface area contributed by atoms with E-state index in [-0.39, 0.29) is 24.0 Å². The fraction of sp³-hybridized carbons (Fsp3) is 0.526. The quantitative estimate of drug-likeness (QED) is 0.388. The van der Waals surface area contributed by atoms with E-state index < -0.39 is 0 Å². The summed E-state index contributed by atoms with van der Waals surface area (Å²) in [6.45, 7) is 5.09. The van der Waals surface area contributed by atoms with E-state index in [1.54, 1.807) is 18.1 Å². The maximum atomic E-state index is 4.34. The number of hydrogen-bond donors (Lipinski definition) is 2. The Morgan fingerprint density at radius 2 is 1.96 bits per heavy atom. The second-order valence-electron chi connectivity index (χ2n) is 6.77. The van der Waals surface area contributed by atoms with Gasteiger partial charge in [-0.3, -0.25) is 14.6 Å². The Morgan fingerprint density at radius 3 is 2.56 bits per heavy atom. The maximum absolute atomic E-state index is 4.34. The first-order valence-electron chi connectivity index (χ1n) is 9.26. The van der Waals surface area contributed by atoms with Gasteiger partial charge < -0.3 is 10.6 Å². The van der Waals surface area contributed by atoms with Crippen LogP contribution in [-0.4, -0.2) is 51.8 Å². The molecule has 0 aliphatic carbocycles. The van der Waals surface area contributed by atoms with Crippen LogP contribution in [0.1, 0.15) is 37.2 Å². The summed E-state index contributed by atoms with van der Waals surface area (Å²) in [6, 6.07) is 11.7. The van der Waals surface area contributed by atoms with Crippen molar-refractivity contribution in [1.29, 1.82) is 0 Å². The molecule has 2 aromatic rings. The van der Waals surface area contributed by atoms with Crippen LogP contribution in [0.2, 0.25) is 0 Å². The minimum atomic E-state index is 0. The van der Waals surface area contributed by atoms with Crippen molar-refractivity contribution in [3.8, 4) is 0 Å². The fourth-order valence-electron chi connectivity index (χ4n) is 3.40. The number of benzene rings is 1. The molecule has 0 amide bonds. The van der Waals surface area contributed by atoms with Crippen molar-refractivity contribution < 1.29 is 0 Å². The fourth-order valence-corrected chi connectivity index (χ4v) is 3.40. The summed E-state index contributed by atoms with van der Waals surface area (Å²) in [5, 5.41) is 10.9. The Balaban J connectivity index is 0.00000261. The minimum Gasteiger partial charge on any atom is -0.354 e. The number of aromatic nitrogens is 3. The number of aryl methyl sites for hydroxylation is 1. The van der Waals surface area contributed by atoms with Crippen LogP contribution in [0, 0.1) is 0 Å². The van der Waals surface area contributed by atoms with Gasteiger partial charge in [-0.25, -0.2) is 4.98 Å². The lowest BCUT2D eigenvalue weighted by atomic mass is 10.0. The molecule has 0 spiro atoms. The van der Waals surface area contributed by atoms with Crippen LogP contribution in [0.25, 0.3) is 0 Å². The second kappa shape index (κ2) is 10.6. The Bertz CT molecular complexity index is 708. The van der Waals surface area contributed by atoms with Crippen LogP contribution in [0.15, 0.2) is 41.7 Å². The standard InChI is InChI=1S/C19H29N7.HI/c1-15(16-7-5-4-6-8-16)26-11-9-17(10-12-26)24-19(20-2)21-13-18-22-14-23-25(18)3;/h4-8,14-15,17H,9-13H2,1-3H3,(H2,20,21,24);1H. The molecule has 1 aliphatic rings. The molecule has 1 aliphatic heterocycles. The van der Waals surface area contributed by atoms with E-state index in [9.17, 15) is 0 Å². The molecule has 0 saturated carbocycles. The summed E-state index contributed by atoms with van der Waals surface area (Å²) in [5.74, 6) is 1.71. The molecule has 27 heavy (non-hydrogen) atoms. The van der Waals surface area contributed by atoms with Gasteiger partial charge in [0.05, 0.1) is 6.54 Å². The van der Waals surface area contributed by atoms with E-state index in [0.29, 0.717) is 18.6 Å². The summed E-state index contributed by atoms with van der Waals surface area (Å²) >= 11 is 0. The maximum Gasteiger partial charge on any atom is 0.191 e.